The highest BCUT2D eigenvalue weighted by atomic mass is 19.4. The summed E-state index contributed by atoms with van der Waals surface area (Å²) >= 11 is 0. The van der Waals surface area contributed by atoms with Gasteiger partial charge in [0, 0.05) is 36.2 Å². The first-order valence-electron chi connectivity index (χ1n) is 13.8. The lowest BCUT2D eigenvalue weighted by molar-refractivity contribution is -0.384. The smallest absolute Gasteiger partial charge is 0.426 e. The monoisotopic (exact) mass is 583 g/mol. The van der Waals surface area contributed by atoms with Crippen molar-refractivity contribution >= 4 is 17.1 Å². The Kier molecular flexibility index (Phi) is 7.43. The molecule has 13 heteroatoms. The zero-order chi connectivity index (χ0) is 29.3. The van der Waals surface area contributed by atoms with E-state index in [2.05, 4.69) is 20.1 Å². The number of rotatable bonds is 5. The van der Waals surface area contributed by atoms with Gasteiger partial charge in [-0.25, -0.2) is 4.98 Å². The average molecular weight is 584 g/mol. The Bertz CT molecular complexity index is 1520. The van der Waals surface area contributed by atoms with Gasteiger partial charge in [-0.05, 0) is 37.7 Å². The molecule has 2 atom stereocenters. The van der Waals surface area contributed by atoms with Crippen LogP contribution in [0.4, 0.5) is 24.7 Å². The molecular weight excluding hydrogens is 555 g/mol. The van der Waals surface area contributed by atoms with Crippen molar-refractivity contribution in [3.05, 3.63) is 81.9 Å². The van der Waals surface area contributed by atoms with E-state index in [0.29, 0.717) is 42.9 Å². The number of halogens is 3. The van der Waals surface area contributed by atoms with Gasteiger partial charge in [0.05, 0.1) is 24.4 Å². The molecule has 0 amide bonds. The van der Waals surface area contributed by atoms with E-state index in [-0.39, 0.29) is 24.8 Å². The van der Waals surface area contributed by atoms with Crippen molar-refractivity contribution in [3.63, 3.8) is 0 Å². The zero-order valence-corrected chi connectivity index (χ0v) is 22.5. The number of pyridine rings is 1. The van der Waals surface area contributed by atoms with Gasteiger partial charge < -0.3 is 18.8 Å². The Morgan fingerprint density at radius 3 is 2.76 bits per heavy atom. The topological polar surface area (TPSA) is 117 Å². The van der Waals surface area contributed by atoms with Crippen molar-refractivity contribution in [2.24, 2.45) is 0 Å². The summed E-state index contributed by atoms with van der Waals surface area (Å²) in [6.45, 7) is 0.739. The van der Waals surface area contributed by atoms with Gasteiger partial charge in [-0.1, -0.05) is 42.5 Å². The molecule has 6 rings (SSSR count). The van der Waals surface area contributed by atoms with Gasteiger partial charge in [-0.2, -0.15) is 13.2 Å². The summed E-state index contributed by atoms with van der Waals surface area (Å²) in [5, 5.41) is 19.9. The van der Waals surface area contributed by atoms with Crippen LogP contribution in [-0.4, -0.2) is 45.5 Å². The molecule has 0 N–H and O–H groups in total. The summed E-state index contributed by atoms with van der Waals surface area (Å²) in [5.41, 5.74) is -1.88. The number of hydrogen-bond acceptors (Lipinski definition) is 9. The van der Waals surface area contributed by atoms with Crippen LogP contribution >= 0.6 is 0 Å². The van der Waals surface area contributed by atoms with E-state index in [0.717, 1.165) is 18.4 Å². The molecule has 0 aliphatic carbocycles. The molecule has 0 saturated carbocycles. The lowest BCUT2D eigenvalue weighted by Crippen LogP contribution is -2.45. The number of allylic oxidation sites excluding steroid dienone is 1. The molecule has 10 nitrogen and oxygen atoms in total. The number of hydrogen-bond donors (Lipinski definition) is 0. The predicted octanol–water partition coefficient (Wildman–Crippen LogP) is 6.48. The minimum atomic E-state index is -4.94. The summed E-state index contributed by atoms with van der Waals surface area (Å²) in [6.07, 6.45) is 2.54. The Morgan fingerprint density at radius 1 is 1.19 bits per heavy atom. The second kappa shape index (κ2) is 11.2. The maximum Gasteiger partial charge on any atom is 0.426 e. The molecule has 0 spiro atoms. The Hall–Kier alpha value is -4.26. The maximum absolute atomic E-state index is 14.9. The van der Waals surface area contributed by atoms with Crippen LogP contribution < -0.4 is 4.90 Å². The molecule has 0 radical (unpaired) electrons. The van der Waals surface area contributed by atoms with E-state index in [1.54, 1.807) is 42.7 Å². The maximum atomic E-state index is 14.9. The molecule has 3 aromatic rings. The second-order valence-electron chi connectivity index (χ2n) is 10.5. The van der Waals surface area contributed by atoms with Crippen LogP contribution in [0.1, 0.15) is 55.5 Å². The van der Waals surface area contributed by atoms with Crippen LogP contribution in [0.15, 0.2) is 59.2 Å². The second-order valence-corrected chi connectivity index (χ2v) is 10.5. The fourth-order valence-corrected chi connectivity index (χ4v) is 5.70. The van der Waals surface area contributed by atoms with Crippen LogP contribution in [0, 0.1) is 10.1 Å². The molecule has 4 bridgehead atoms. The highest BCUT2D eigenvalue weighted by molar-refractivity contribution is 5.81. The van der Waals surface area contributed by atoms with Gasteiger partial charge in [0.15, 0.2) is 0 Å². The Labute approximate surface area is 239 Å². The standard InChI is InChI=1S/C29H28F3N5O5/c30-29(31,32)28(41-17-19-8-3-1-4-9-19)13-6-2-5-10-21-11-7-14-36(21)25-22(20-12-15-40-18-20)16-23(37(38)39)24(33-25)26-34-35-27(28)42-26/h1-5,8-9,16,18,21H,6-7,10-15,17H2/b5-2-/t21-,28?/m1/s1. The number of ether oxygens (including phenoxy) is 2. The first kappa shape index (κ1) is 27.9. The summed E-state index contributed by atoms with van der Waals surface area (Å²) in [6, 6.07) is 9.84. The molecule has 1 unspecified atom stereocenters. The highest BCUT2D eigenvalue weighted by Crippen LogP contribution is 2.47. The lowest BCUT2D eigenvalue weighted by Gasteiger charge is -2.32. The predicted molar refractivity (Wildman–Crippen MR) is 145 cm³/mol. The summed E-state index contributed by atoms with van der Waals surface area (Å²) in [4.78, 5) is 18.4. The van der Waals surface area contributed by atoms with E-state index >= 15 is 0 Å². The molecule has 3 aliphatic heterocycles. The summed E-state index contributed by atoms with van der Waals surface area (Å²) in [5.74, 6) is -0.844. The number of nitrogens with zero attached hydrogens (tertiary/aromatic N) is 5. The van der Waals surface area contributed by atoms with Crippen molar-refractivity contribution in [2.45, 2.75) is 63.0 Å². The SMILES string of the molecule is O=[N+]([O-])c1cc(C2=COCC2)c2nc1-c1nnc(o1)C(OCc1ccccc1)(C(F)(F)F)CC/C=C\C[C@@H]1CCCN21. The van der Waals surface area contributed by atoms with Gasteiger partial charge in [0.25, 0.3) is 11.8 Å². The molecule has 1 aromatic carbocycles. The summed E-state index contributed by atoms with van der Waals surface area (Å²) < 4.78 is 61.5. The number of anilines is 1. The van der Waals surface area contributed by atoms with Gasteiger partial charge in [-0.15, -0.1) is 10.2 Å². The number of benzene rings is 1. The van der Waals surface area contributed by atoms with E-state index in [9.17, 15) is 23.3 Å². The van der Waals surface area contributed by atoms with E-state index < -0.39 is 40.6 Å². The fourth-order valence-electron chi connectivity index (χ4n) is 5.70. The van der Waals surface area contributed by atoms with Crippen molar-refractivity contribution in [3.8, 4) is 11.6 Å². The first-order valence-corrected chi connectivity index (χ1v) is 13.8. The molecule has 42 heavy (non-hydrogen) atoms. The third-order valence-corrected chi connectivity index (χ3v) is 7.89. The number of alkyl halides is 3. The van der Waals surface area contributed by atoms with Crippen molar-refractivity contribution in [1.29, 1.82) is 0 Å². The van der Waals surface area contributed by atoms with Crippen LogP contribution in [0.25, 0.3) is 17.2 Å². The van der Waals surface area contributed by atoms with Gasteiger partial charge in [0.1, 0.15) is 5.82 Å². The molecule has 3 aliphatic rings. The van der Waals surface area contributed by atoms with Gasteiger partial charge in [0.2, 0.25) is 11.3 Å². The fraction of sp³-hybridized carbons (Fsp3) is 0.414. The number of aromatic nitrogens is 3. The molecule has 220 valence electrons. The molecule has 5 heterocycles. The normalized spacial score (nSPS) is 23.1. The third kappa shape index (κ3) is 5.13. The average Bonchev–Trinajstić information content (AvgIpc) is 3.76. The largest absolute Gasteiger partial charge is 0.501 e. The van der Waals surface area contributed by atoms with Gasteiger partial charge >= 0.3 is 11.9 Å². The molecule has 2 aromatic heterocycles. The van der Waals surface area contributed by atoms with Crippen molar-refractivity contribution in [1.82, 2.24) is 15.2 Å². The lowest BCUT2D eigenvalue weighted by atomic mass is 9.95. The van der Waals surface area contributed by atoms with Gasteiger partial charge in [-0.3, -0.25) is 10.1 Å². The first-order chi connectivity index (χ1) is 20.3. The van der Waals surface area contributed by atoms with Crippen LogP contribution in [0.5, 0.6) is 0 Å². The van der Waals surface area contributed by atoms with E-state index in [1.165, 1.54) is 6.07 Å². The van der Waals surface area contributed by atoms with E-state index in [4.69, 9.17) is 13.9 Å². The summed E-state index contributed by atoms with van der Waals surface area (Å²) in [7, 11) is 0. The number of fused-ring (bicyclic) bond motifs is 7. The molecular formula is C29H28F3N5O5. The van der Waals surface area contributed by atoms with Crippen LogP contribution in [0.3, 0.4) is 0 Å². The Balaban J connectivity index is 1.52. The Morgan fingerprint density at radius 2 is 2.02 bits per heavy atom. The molecule has 1 saturated heterocycles. The quantitative estimate of drug-likeness (QED) is 0.189. The van der Waals surface area contributed by atoms with E-state index in [1.807, 2.05) is 6.08 Å². The minimum absolute atomic E-state index is 0.00705. The molecule has 1 fully saturated rings. The van der Waals surface area contributed by atoms with Crippen molar-refractivity contribution in [2.75, 3.05) is 18.1 Å². The number of nitro groups is 1. The van der Waals surface area contributed by atoms with Crippen LogP contribution in [0.2, 0.25) is 0 Å². The zero-order valence-electron chi connectivity index (χ0n) is 22.5. The van der Waals surface area contributed by atoms with Crippen LogP contribution in [-0.2, 0) is 21.7 Å². The highest BCUT2D eigenvalue weighted by Gasteiger charge is 2.61. The third-order valence-electron chi connectivity index (χ3n) is 7.89. The van der Waals surface area contributed by atoms with Crippen molar-refractivity contribution < 1.29 is 32.0 Å². The minimum Gasteiger partial charge on any atom is -0.501 e.